The zero-order valence-electron chi connectivity index (χ0n) is 12.0. The fraction of sp³-hybridized carbons (Fsp3) is 0.467. The van der Waals surface area contributed by atoms with Crippen LogP contribution < -0.4 is 0 Å². The zero-order valence-corrected chi connectivity index (χ0v) is 12.9. The second kappa shape index (κ2) is 6.41. The van der Waals surface area contributed by atoms with Crippen molar-refractivity contribution in [1.29, 1.82) is 0 Å². The molecule has 21 heavy (non-hydrogen) atoms. The van der Waals surface area contributed by atoms with Crippen LogP contribution in [0.15, 0.2) is 23.6 Å². The van der Waals surface area contributed by atoms with Crippen LogP contribution in [0.1, 0.15) is 23.3 Å². The predicted octanol–water partition coefficient (Wildman–Crippen LogP) is 2.64. The van der Waals surface area contributed by atoms with Crippen molar-refractivity contribution in [3.05, 3.63) is 29.3 Å². The molecule has 2 aromatic heterocycles. The SMILES string of the molecule is COCC1CCCN(C(=O)c2cc(-c3cccs3)[nH]n2)C1. The number of aromatic nitrogens is 2. The Morgan fingerprint density at radius 3 is 3.29 bits per heavy atom. The van der Waals surface area contributed by atoms with Crippen LogP contribution in [0.5, 0.6) is 0 Å². The van der Waals surface area contributed by atoms with Crippen LogP contribution in [-0.4, -0.2) is 47.8 Å². The van der Waals surface area contributed by atoms with E-state index in [2.05, 4.69) is 10.2 Å². The van der Waals surface area contributed by atoms with Crippen LogP contribution in [0.25, 0.3) is 10.6 Å². The largest absolute Gasteiger partial charge is 0.384 e. The molecule has 0 saturated carbocycles. The smallest absolute Gasteiger partial charge is 0.274 e. The maximum atomic E-state index is 12.5. The third kappa shape index (κ3) is 3.16. The molecule has 0 bridgehead atoms. The van der Waals surface area contributed by atoms with Gasteiger partial charge in [-0.15, -0.1) is 11.3 Å². The molecule has 1 fully saturated rings. The molecule has 0 radical (unpaired) electrons. The van der Waals surface area contributed by atoms with Gasteiger partial charge in [-0.25, -0.2) is 0 Å². The summed E-state index contributed by atoms with van der Waals surface area (Å²) in [6.45, 7) is 2.28. The first kappa shape index (κ1) is 14.3. The zero-order chi connectivity index (χ0) is 14.7. The lowest BCUT2D eigenvalue weighted by Gasteiger charge is -2.31. The number of thiophene rings is 1. The molecular formula is C15H19N3O2S. The normalized spacial score (nSPS) is 18.9. The highest BCUT2D eigenvalue weighted by Crippen LogP contribution is 2.24. The molecule has 1 aliphatic heterocycles. The van der Waals surface area contributed by atoms with E-state index in [9.17, 15) is 4.79 Å². The second-order valence-corrected chi connectivity index (χ2v) is 6.31. The molecule has 0 aromatic carbocycles. The Morgan fingerprint density at radius 2 is 2.52 bits per heavy atom. The van der Waals surface area contributed by atoms with Crippen molar-refractivity contribution in [2.24, 2.45) is 5.92 Å². The van der Waals surface area contributed by atoms with Gasteiger partial charge in [0.2, 0.25) is 0 Å². The molecule has 3 rings (SSSR count). The van der Waals surface area contributed by atoms with Crippen molar-refractivity contribution in [3.63, 3.8) is 0 Å². The summed E-state index contributed by atoms with van der Waals surface area (Å²) >= 11 is 1.63. The van der Waals surface area contributed by atoms with Crippen LogP contribution >= 0.6 is 11.3 Å². The maximum absolute atomic E-state index is 12.5. The lowest BCUT2D eigenvalue weighted by atomic mass is 9.99. The minimum atomic E-state index is 0.00913. The van der Waals surface area contributed by atoms with Crippen LogP contribution in [0.4, 0.5) is 0 Å². The standard InChI is InChI=1S/C15H19N3O2S/c1-20-10-11-4-2-6-18(9-11)15(19)13-8-12(16-17-13)14-5-3-7-21-14/h3,5,7-8,11H,2,4,6,9-10H2,1H3,(H,16,17). The van der Waals surface area contributed by atoms with Crippen molar-refractivity contribution < 1.29 is 9.53 Å². The highest BCUT2D eigenvalue weighted by atomic mass is 32.1. The number of likely N-dealkylation sites (tertiary alicyclic amines) is 1. The Morgan fingerprint density at radius 1 is 1.62 bits per heavy atom. The summed E-state index contributed by atoms with van der Waals surface area (Å²) in [6, 6.07) is 5.85. The van der Waals surface area contributed by atoms with Crippen molar-refractivity contribution in [2.75, 3.05) is 26.8 Å². The summed E-state index contributed by atoms with van der Waals surface area (Å²) in [5.74, 6) is 0.443. The van der Waals surface area contributed by atoms with Crippen LogP contribution in [0.3, 0.4) is 0 Å². The average Bonchev–Trinajstić information content (AvgIpc) is 3.18. The van der Waals surface area contributed by atoms with Gasteiger partial charge in [0.15, 0.2) is 5.69 Å². The molecule has 2 aromatic rings. The molecule has 1 N–H and O–H groups in total. The number of hydrogen-bond donors (Lipinski definition) is 1. The highest BCUT2D eigenvalue weighted by molar-refractivity contribution is 7.13. The number of methoxy groups -OCH3 is 1. The molecule has 1 atom stereocenters. The van der Waals surface area contributed by atoms with Gasteiger partial charge in [-0.3, -0.25) is 9.89 Å². The van der Waals surface area contributed by atoms with E-state index in [-0.39, 0.29) is 5.91 Å². The summed E-state index contributed by atoms with van der Waals surface area (Å²) in [5, 5.41) is 9.14. The molecular weight excluding hydrogens is 286 g/mol. The van der Waals surface area contributed by atoms with E-state index in [0.29, 0.717) is 18.2 Å². The first-order valence-electron chi connectivity index (χ1n) is 7.15. The van der Waals surface area contributed by atoms with Gasteiger partial charge in [0, 0.05) is 20.2 Å². The Balaban J connectivity index is 1.70. The number of hydrogen-bond acceptors (Lipinski definition) is 4. The minimum absolute atomic E-state index is 0.00913. The van der Waals surface area contributed by atoms with Gasteiger partial charge < -0.3 is 9.64 Å². The quantitative estimate of drug-likeness (QED) is 0.944. The molecule has 1 aliphatic rings. The monoisotopic (exact) mass is 305 g/mol. The van der Waals surface area contributed by atoms with Gasteiger partial charge in [-0.1, -0.05) is 6.07 Å². The molecule has 1 unspecified atom stereocenters. The number of amides is 1. The average molecular weight is 305 g/mol. The Kier molecular flexibility index (Phi) is 4.36. The van der Waals surface area contributed by atoms with E-state index >= 15 is 0 Å². The van der Waals surface area contributed by atoms with Crippen LogP contribution in [0.2, 0.25) is 0 Å². The first-order valence-corrected chi connectivity index (χ1v) is 8.03. The topological polar surface area (TPSA) is 58.2 Å². The number of carbonyl (C=O) groups excluding carboxylic acids is 1. The van der Waals surface area contributed by atoms with E-state index in [0.717, 1.165) is 36.5 Å². The third-order valence-corrected chi connectivity index (χ3v) is 4.70. The fourth-order valence-corrected chi connectivity index (χ4v) is 3.46. The number of nitrogens with one attached hydrogen (secondary N) is 1. The number of nitrogens with zero attached hydrogens (tertiary/aromatic N) is 2. The van der Waals surface area contributed by atoms with Crippen molar-refractivity contribution in [3.8, 4) is 10.6 Å². The summed E-state index contributed by atoms with van der Waals surface area (Å²) < 4.78 is 5.21. The molecule has 3 heterocycles. The number of piperidine rings is 1. The molecule has 0 spiro atoms. The van der Waals surface area contributed by atoms with E-state index in [4.69, 9.17) is 4.74 Å². The van der Waals surface area contributed by atoms with E-state index in [1.165, 1.54) is 0 Å². The number of rotatable bonds is 4. The number of carbonyl (C=O) groups is 1. The third-order valence-electron chi connectivity index (χ3n) is 3.79. The maximum Gasteiger partial charge on any atom is 0.274 e. The van der Waals surface area contributed by atoms with Gasteiger partial charge >= 0.3 is 0 Å². The summed E-state index contributed by atoms with van der Waals surface area (Å²) in [5.41, 5.74) is 1.40. The van der Waals surface area contributed by atoms with E-state index < -0.39 is 0 Å². The van der Waals surface area contributed by atoms with E-state index in [1.54, 1.807) is 18.4 Å². The van der Waals surface area contributed by atoms with Crippen molar-refractivity contribution in [1.82, 2.24) is 15.1 Å². The number of aromatic amines is 1. The molecule has 5 nitrogen and oxygen atoms in total. The fourth-order valence-electron chi connectivity index (χ4n) is 2.77. The summed E-state index contributed by atoms with van der Waals surface area (Å²) in [6.07, 6.45) is 2.15. The molecule has 0 aliphatic carbocycles. The van der Waals surface area contributed by atoms with E-state index in [1.807, 2.05) is 28.5 Å². The molecule has 6 heteroatoms. The van der Waals surface area contributed by atoms with Gasteiger partial charge in [0.1, 0.15) is 0 Å². The number of ether oxygens (including phenoxy) is 1. The predicted molar refractivity (Wildman–Crippen MR) is 82.4 cm³/mol. The van der Waals surface area contributed by atoms with Crippen molar-refractivity contribution >= 4 is 17.2 Å². The number of H-pyrrole nitrogens is 1. The van der Waals surface area contributed by atoms with Gasteiger partial charge in [-0.2, -0.15) is 5.10 Å². The van der Waals surface area contributed by atoms with Gasteiger partial charge in [0.05, 0.1) is 17.2 Å². The van der Waals surface area contributed by atoms with Crippen molar-refractivity contribution in [2.45, 2.75) is 12.8 Å². The van der Waals surface area contributed by atoms with Gasteiger partial charge in [-0.05, 0) is 36.3 Å². The molecule has 1 amide bonds. The van der Waals surface area contributed by atoms with Crippen LogP contribution in [0, 0.1) is 5.92 Å². The Hall–Kier alpha value is -1.66. The highest BCUT2D eigenvalue weighted by Gasteiger charge is 2.26. The van der Waals surface area contributed by atoms with Gasteiger partial charge in [0.25, 0.3) is 5.91 Å². The van der Waals surface area contributed by atoms with Crippen LogP contribution in [-0.2, 0) is 4.74 Å². The molecule has 112 valence electrons. The summed E-state index contributed by atoms with van der Waals surface area (Å²) in [4.78, 5) is 15.5. The lowest BCUT2D eigenvalue weighted by molar-refractivity contribution is 0.0565. The first-order chi connectivity index (χ1) is 10.3. The summed E-state index contributed by atoms with van der Waals surface area (Å²) in [7, 11) is 1.71. The lowest BCUT2D eigenvalue weighted by Crippen LogP contribution is -2.41. The second-order valence-electron chi connectivity index (χ2n) is 5.36. The Bertz CT molecular complexity index is 592. The Labute approximate surface area is 127 Å². The molecule has 1 saturated heterocycles. The minimum Gasteiger partial charge on any atom is -0.384 e.